The lowest BCUT2D eigenvalue weighted by atomic mass is 10.2. The molecule has 2 aliphatic rings. The van der Waals surface area contributed by atoms with E-state index in [1.807, 2.05) is 45.3 Å². The van der Waals surface area contributed by atoms with Gasteiger partial charge >= 0.3 is 0 Å². The molecule has 0 radical (unpaired) electrons. The van der Waals surface area contributed by atoms with Crippen LogP contribution in [0.2, 0.25) is 0 Å². The highest BCUT2D eigenvalue weighted by molar-refractivity contribution is 7.13. The summed E-state index contributed by atoms with van der Waals surface area (Å²) in [6.07, 6.45) is 0.264. The van der Waals surface area contributed by atoms with Gasteiger partial charge in [-0.05, 0) is 36.1 Å². The molecule has 2 aliphatic heterocycles. The molecule has 138 valence electrons. The number of carbonyl (C=O) groups is 1. The van der Waals surface area contributed by atoms with E-state index in [2.05, 4.69) is 12.1 Å². The molecule has 2 aromatic heterocycles. The maximum absolute atomic E-state index is 13.1. The lowest BCUT2D eigenvalue weighted by Gasteiger charge is -2.30. The summed E-state index contributed by atoms with van der Waals surface area (Å²) in [7, 11) is 0. The third kappa shape index (κ3) is 3.08. The van der Waals surface area contributed by atoms with E-state index in [9.17, 15) is 4.79 Å². The zero-order chi connectivity index (χ0) is 18.2. The highest BCUT2D eigenvalue weighted by Gasteiger charge is 2.32. The molecule has 7 heteroatoms. The molecule has 0 aliphatic carbocycles. The summed E-state index contributed by atoms with van der Waals surface area (Å²) in [4.78, 5) is 16.1. The van der Waals surface area contributed by atoms with Crippen LogP contribution in [-0.4, -0.2) is 39.8 Å². The predicted octanol–water partition coefficient (Wildman–Crippen LogP) is 3.18. The van der Waals surface area contributed by atoms with Crippen molar-refractivity contribution in [3.8, 4) is 22.1 Å². The topological polar surface area (TPSA) is 56.6 Å². The van der Waals surface area contributed by atoms with E-state index in [0.717, 1.165) is 29.2 Å². The van der Waals surface area contributed by atoms with Gasteiger partial charge in [0, 0.05) is 13.1 Å². The van der Waals surface area contributed by atoms with Gasteiger partial charge in [-0.15, -0.1) is 11.3 Å². The summed E-state index contributed by atoms with van der Waals surface area (Å²) in [5, 5.41) is 6.77. The highest BCUT2D eigenvalue weighted by Crippen LogP contribution is 2.32. The monoisotopic (exact) mass is 381 g/mol. The first kappa shape index (κ1) is 16.4. The fourth-order valence-electron chi connectivity index (χ4n) is 3.54. The number of fused-ring (bicyclic) bond motifs is 2. The Balaban J connectivity index is 1.35. The van der Waals surface area contributed by atoms with E-state index in [0.29, 0.717) is 24.6 Å². The summed E-state index contributed by atoms with van der Waals surface area (Å²) in [6.45, 7) is 2.29. The molecule has 1 amide bonds. The van der Waals surface area contributed by atoms with Gasteiger partial charge in [-0.3, -0.25) is 9.48 Å². The van der Waals surface area contributed by atoms with Crippen LogP contribution in [0.1, 0.15) is 12.1 Å². The number of hydrogen-bond acceptors (Lipinski definition) is 5. The van der Waals surface area contributed by atoms with Crippen molar-refractivity contribution in [1.29, 1.82) is 0 Å². The molecule has 6 nitrogen and oxygen atoms in total. The number of aromatic nitrogens is 2. The lowest BCUT2D eigenvalue weighted by Crippen LogP contribution is -2.46. The van der Waals surface area contributed by atoms with Gasteiger partial charge in [0.25, 0.3) is 5.91 Å². The van der Waals surface area contributed by atoms with Crippen LogP contribution in [0.25, 0.3) is 10.6 Å². The standard InChI is InChI=1S/C20H19N3O3S/c24-20(18-13-25-16-5-1-2-6-17(16)26-18)22-8-4-9-23-14(12-22)11-15(21-23)19-7-3-10-27-19/h1-3,5-7,10-11,18H,4,8-9,12-13H2/t18-/m0/s1. The smallest absolute Gasteiger partial charge is 0.267 e. The number of nitrogens with zero attached hydrogens (tertiary/aromatic N) is 3. The first-order chi connectivity index (χ1) is 13.3. The average Bonchev–Trinajstić information content (AvgIpc) is 3.33. The fraction of sp³-hybridized carbons (Fsp3) is 0.300. The van der Waals surface area contributed by atoms with Crippen LogP contribution in [0.5, 0.6) is 11.5 Å². The van der Waals surface area contributed by atoms with Gasteiger partial charge in [0.2, 0.25) is 6.10 Å². The van der Waals surface area contributed by atoms with Crippen molar-refractivity contribution in [3.63, 3.8) is 0 Å². The second-order valence-electron chi connectivity index (χ2n) is 6.70. The van der Waals surface area contributed by atoms with Crippen molar-refractivity contribution < 1.29 is 14.3 Å². The van der Waals surface area contributed by atoms with Crippen LogP contribution in [0.4, 0.5) is 0 Å². The van der Waals surface area contributed by atoms with Gasteiger partial charge in [-0.2, -0.15) is 5.10 Å². The van der Waals surface area contributed by atoms with E-state index < -0.39 is 6.10 Å². The van der Waals surface area contributed by atoms with E-state index in [4.69, 9.17) is 14.6 Å². The Bertz CT molecular complexity index is 967. The first-order valence-corrected chi connectivity index (χ1v) is 9.94. The van der Waals surface area contributed by atoms with Crippen molar-refractivity contribution in [1.82, 2.24) is 14.7 Å². The van der Waals surface area contributed by atoms with E-state index >= 15 is 0 Å². The molecule has 3 aromatic rings. The molecule has 0 N–H and O–H groups in total. The van der Waals surface area contributed by atoms with Crippen molar-refractivity contribution >= 4 is 17.2 Å². The molecule has 0 bridgehead atoms. The quantitative estimate of drug-likeness (QED) is 0.684. The van der Waals surface area contributed by atoms with Crippen molar-refractivity contribution in [2.75, 3.05) is 13.2 Å². The maximum Gasteiger partial charge on any atom is 0.267 e. The number of rotatable bonds is 2. The molecule has 5 rings (SSSR count). The second kappa shape index (κ2) is 6.74. The molecule has 0 fully saturated rings. The molecular formula is C20H19N3O3S. The van der Waals surface area contributed by atoms with Crippen molar-refractivity contribution in [2.24, 2.45) is 0 Å². The van der Waals surface area contributed by atoms with Crippen molar-refractivity contribution in [3.05, 3.63) is 53.5 Å². The maximum atomic E-state index is 13.1. The number of thiophene rings is 1. The Morgan fingerprint density at radius 3 is 2.89 bits per heavy atom. The highest BCUT2D eigenvalue weighted by atomic mass is 32.1. The number of hydrogen-bond donors (Lipinski definition) is 0. The Labute approximate surface area is 160 Å². The van der Waals surface area contributed by atoms with Crippen LogP contribution in [0, 0.1) is 0 Å². The third-order valence-electron chi connectivity index (χ3n) is 4.88. The second-order valence-corrected chi connectivity index (χ2v) is 7.65. The Morgan fingerprint density at radius 1 is 1.15 bits per heavy atom. The molecule has 0 saturated heterocycles. The molecule has 0 unspecified atom stereocenters. The minimum atomic E-state index is -0.605. The molecule has 4 heterocycles. The molecule has 0 spiro atoms. The lowest BCUT2D eigenvalue weighted by molar-refractivity contribution is -0.141. The van der Waals surface area contributed by atoms with E-state index in [-0.39, 0.29) is 12.5 Å². The van der Waals surface area contributed by atoms with Gasteiger partial charge in [0.15, 0.2) is 11.5 Å². The van der Waals surface area contributed by atoms with Gasteiger partial charge in [0.1, 0.15) is 12.3 Å². The Kier molecular flexibility index (Phi) is 4.09. The minimum Gasteiger partial charge on any atom is -0.485 e. The van der Waals surface area contributed by atoms with Crippen LogP contribution < -0.4 is 9.47 Å². The van der Waals surface area contributed by atoms with E-state index in [1.54, 1.807) is 11.3 Å². The number of amides is 1. The van der Waals surface area contributed by atoms with Gasteiger partial charge < -0.3 is 14.4 Å². The minimum absolute atomic E-state index is 0.0307. The number of para-hydroxylation sites is 2. The summed E-state index contributed by atoms with van der Waals surface area (Å²) in [5.74, 6) is 1.29. The predicted molar refractivity (Wildman–Crippen MR) is 102 cm³/mol. The first-order valence-electron chi connectivity index (χ1n) is 9.06. The van der Waals surface area contributed by atoms with Crippen LogP contribution in [0.15, 0.2) is 47.8 Å². The zero-order valence-electron chi connectivity index (χ0n) is 14.7. The normalized spacial score (nSPS) is 18.7. The van der Waals surface area contributed by atoms with Crippen LogP contribution >= 0.6 is 11.3 Å². The number of aryl methyl sites for hydroxylation is 1. The molecule has 1 atom stereocenters. The van der Waals surface area contributed by atoms with Crippen molar-refractivity contribution in [2.45, 2.75) is 25.6 Å². The summed E-state index contributed by atoms with van der Waals surface area (Å²) < 4.78 is 13.6. The summed E-state index contributed by atoms with van der Waals surface area (Å²) in [6, 6.07) is 13.6. The fourth-order valence-corrected chi connectivity index (χ4v) is 4.22. The van der Waals surface area contributed by atoms with Gasteiger partial charge in [-0.25, -0.2) is 0 Å². The van der Waals surface area contributed by atoms with E-state index in [1.165, 1.54) is 0 Å². The Hall–Kier alpha value is -2.80. The molecule has 1 aromatic carbocycles. The number of ether oxygens (including phenoxy) is 2. The molecule has 27 heavy (non-hydrogen) atoms. The van der Waals surface area contributed by atoms with Crippen LogP contribution in [-0.2, 0) is 17.9 Å². The molecular weight excluding hydrogens is 362 g/mol. The average molecular weight is 381 g/mol. The third-order valence-corrected chi connectivity index (χ3v) is 5.78. The number of benzene rings is 1. The van der Waals surface area contributed by atoms with Crippen LogP contribution in [0.3, 0.4) is 0 Å². The Morgan fingerprint density at radius 2 is 2.04 bits per heavy atom. The SMILES string of the molecule is O=C([C@@H]1COc2ccccc2O1)N1CCCn2nc(-c3cccs3)cc2C1. The number of carbonyl (C=O) groups excluding carboxylic acids is 1. The largest absolute Gasteiger partial charge is 0.485 e. The van der Waals surface area contributed by atoms with Gasteiger partial charge in [-0.1, -0.05) is 18.2 Å². The molecule has 0 saturated carbocycles. The summed E-state index contributed by atoms with van der Waals surface area (Å²) >= 11 is 1.68. The summed E-state index contributed by atoms with van der Waals surface area (Å²) in [5.41, 5.74) is 2.03. The zero-order valence-corrected chi connectivity index (χ0v) is 15.5. The van der Waals surface area contributed by atoms with Gasteiger partial charge in [0.05, 0.1) is 17.1 Å².